The van der Waals surface area contributed by atoms with E-state index in [4.69, 9.17) is 4.74 Å². The van der Waals surface area contributed by atoms with Crippen LogP contribution < -0.4 is 4.74 Å². The molecule has 200 valence electrons. The van der Waals surface area contributed by atoms with Crippen molar-refractivity contribution in [2.24, 2.45) is 0 Å². The van der Waals surface area contributed by atoms with Crippen molar-refractivity contribution >= 4 is 5.91 Å². The van der Waals surface area contributed by atoms with Crippen molar-refractivity contribution in [3.8, 4) is 5.75 Å². The van der Waals surface area contributed by atoms with Crippen molar-refractivity contribution in [2.75, 3.05) is 39.3 Å². The fourth-order valence-corrected chi connectivity index (χ4v) is 5.96. The largest absolute Gasteiger partial charge is 0.487 e. The quantitative estimate of drug-likeness (QED) is 0.384. The summed E-state index contributed by atoms with van der Waals surface area (Å²) < 4.78 is 6.54. The van der Waals surface area contributed by atoms with Crippen LogP contribution >= 0.6 is 0 Å². The third-order valence-corrected chi connectivity index (χ3v) is 7.96. The van der Waals surface area contributed by atoms with E-state index in [0.29, 0.717) is 0 Å². The lowest BCUT2D eigenvalue weighted by atomic mass is 9.92. The van der Waals surface area contributed by atoms with Gasteiger partial charge in [-0.05, 0) is 56.5 Å². The minimum Gasteiger partial charge on any atom is -0.487 e. The molecule has 0 radical (unpaired) electrons. The van der Waals surface area contributed by atoms with Gasteiger partial charge < -0.3 is 9.64 Å². The Bertz CT molecular complexity index is 1230. The molecule has 5 rings (SSSR count). The number of amides is 1. The molecule has 3 aromatic rings. The van der Waals surface area contributed by atoms with Gasteiger partial charge in [0.15, 0.2) is 0 Å². The molecular weight excluding hydrogens is 470 g/mol. The third-order valence-electron chi connectivity index (χ3n) is 7.96. The van der Waals surface area contributed by atoms with E-state index in [1.54, 1.807) is 0 Å². The molecule has 3 aromatic carbocycles. The first kappa shape index (κ1) is 26.5. The van der Waals surface area contributed by atoms with Crippen LogP contribution in [0.25, 0.3) is 0 Å². The van der Waals surface area contributed by atoms with Crippen LogP contribution in [0.1, 0.15) is 66.3 Å². The Kier molecular flexibility index (Phi) is 7.87. The number of hydrogen-bond acceptors (Lipinski definition) is 4. The highest BCUT2D eigenvalue weighted by Gasteiger charge is 2.36. The van der Waals surface area contributed by atoms with Crippen LogP contribution in [0.5, 0.6) is 5.75 Å². The highest BCUT2D eigenvalue weighted by atomic mass is 16.5. The minimum atomic E-state index is -0.197. The van der Waals surface area contributed by atoms with Crippen LogP contribution in [0, 0.1) is 0 Å². The molecule has 0 bridgehead atoms. The molecule has 1 unspecified atom stereocenters. The number of fused-ring (bicyclic) bond motifs is 1. The van der Waals surface area contributed by atoms with E-state index in [9.17, 15) is 4.79 Å². The second-order valence-electron chi connectivity index (χ2n) is 11.2. The van der Waals surface area contributed by atoms with Gasteiger partial charge in [-0.1, -0.05) is 60.7 Å². The molecular formula is C33H41N3O2. The van der Waals surface area contributed by atoms with Gasteiger partial charge in [0.2, 0.25) is 0 Å². The molecule has 0 aromatic heterocycles. The van der Waals surface area contributed by atoms with Crippen molar-refractivity contribution in [1.82, 2.24) is 14.7 Å². The van der Waals surface area contributed by atoms with Crippen molar-refractivity contribution in [3.63, 3.8) is 0 Å². The number of ether oxygens (including phenoxy) is 1. The second-order valence-corrected chi connectivity index (χ2v) is 11.2. The van der Waals surface area contributed by atoms with Gasteiger partial charge in [-0.25, -0.2) is 0 Å². The average molecular weight is 512 g/mol. The summed E-state index contributed by atoms with van der Waals surface area (Å²) in [6.45, 7) is 14.8. The predicted octanol–water partition coefficient (Wildman–Crippen LogP) is 5.79. The van der Waals surface area contributed by atoms with E-state index in [2.05, 4.69) is 84.3 Å². The lowest BCUT2D eigenvalue weighted by Gasteiger charge is -2.40. The van der Waals surface area contributed by atoms with E-state index < -0.39 is 0 Å². The Morgan fingerprint density at radius 2 is 1.58 bits per heavy atom. The minimum absolute atomic E-state index is 0.0790. The summed E-state index contributed by atoms with van der Waals surface area (Å²) in [7, 11) is 0. The number of hydrogen-bond donors (Lipinski definition) is 0. The first-order valence-corrected chi connectivity index (χ1v) is 14.1. The zero-order chi connectivity index (χ0) is 26.7. The molecule has 5 nitrogen and oxygen atoms in total. The summed E-state index contributed by atoms with van der Waals surface area (Å²) in [5.41, 5.74) is 5.64. The lowest BCUT2D eigenvalue weighted by Crippen LogP contribution is -2.47. The standard InChI is InChI=1S/C33H41N3O2/c1-5-35(6-2)32(37)27-17-15-26(16-18-27)30(29-14-10-13-28-23-33(3,4)38-31(28)29)36-21-19-34(20-22-36)24-25-11-8-7-9-12-25/h7-18,30H,5-6,19-24H2,1-4H3. The van der Waals surface area contributed by atoms with Crippen LogP contribution in [0.2, 0.25) is 0 Å². The van der Waals surface area contributed by atoms with Crippen molar-refractivity contribution in [3.05, 3.63) is 101 Å². The average Bonchev–Trinajstić information content (AvgIpc) is 3.26. The number of carbonyl (C=O) groups excluding carboxylic acids is 1. The molecule has 1 fully saturated rings. The summed E-state index contributed by atoms with van der Waals surface area (Å²) in [5, 5.41) is 0. The van der Waals surface area contributed by atoms with E-state index >= 15 is 0 Å². The number of rotatable bonds is 8. The molecule has 1 amide bonds. The maximum absolute atomic E-state index is 13.0. The SMILES string of the molecule is CCN(CC)C(=O)c1ccc(C(c2cccc3c2OC(C)(C)C3)N2CCN(Cc3ccccc3)CC2)cc1. The first-order valence-electron chi connectivity index (χ1n) is 14.1. The summed E-state index contributed by atoms with van der Waals surface area (Å²) in [5.74, 6) is 1.14. The fraction of sp³-hybridized carbons (Fsp3) is 0.424. The van der Waals surface area contributed by atoms with Gasteiger partial charge in [-0.15, -0.1) is 0 Å². The van der Waals surface area contributed by atoms with Crippen molar-refractivity contribution in [2.45, 2.75) is 52.3 Å². The molecule has 2 heterocycles. The normalized spacial score (nSPS) is 18.0. The van der Waals surface area contributed by atoms with Gasteiger partial charge in [0.1, 0.15) is 11.4 Å². The van der Waals surface area contributed by atoms with E-state index in [1.807, 2.05) is 30.9 Å². The number of nitrogens with zero attached hydrogens (tertiary/aromatic N) is 3. The first-order chi connectivity index (χ1) is 18.4. The third kappa shape index (κ3) is 5.64. The molecule has 0 N–H and O–H groups in total. The summed E-state index contributed by atoms with van der Waals surface area (Å²) in [6, 6.07) is 25.7. The molecule has 2 aliphatic heterocycles. The Hall–Kier alpha value is -3.15. The predicted molar refractivity (Wildman–Crippen MR) is 154 cm³/mol. The molecule has 38 heavy (non-hydrogen) atoms. The molecule has 1 atom stereocenters. The van der Waals surface area contributed by atoms with E-state index in [-0.39, 0.29) is 17.6 Å². The number of carbonyl (C=O) groups is 1. The molecule has 5 heteroatoms. The molecule has 0 saturated carbocycles. The van der Waals surface area contributed by atoms with Gasteiger partial charge >= 0.3 is 0 Å². The molecule has 2 aliphatic rings. The van der Waals surface area contributed by atoms with Crippen molar-refractivity contribution < 1.29 is 9.53 Å². The van der Waals surface area contributed by atoms with Gasteiger partial charge in [-0.3, -0.25) is 14.6 Å². The van der Waals surface area contributed by atoms with Crippen molar-refractivity contribution in [1.29, 1.82) is 0 Å². The van der Waals surface area contributed by atoms with E-state index in [0.717, 1.165) is 63.5 Å². The van der Waals surface area contributed by atoms with E-state index in [1.165, 1.54) is 22.3 Å². The second kappa shape index (κ2) is 11.3. The summed E-state index contributed by atoms with van der Waals surface area (Å²) in [4.78, 5) is 20.0. The van der Waals surface area contributed by atoms with Gasteiger partial charge in [0.25, 0.3) is 5.91 Å². The zero-order valence-corrected chi connectivity index (χ0v) is 23.3. The lowest BCUT2D eigenvalue weighted by molar-refractivity contribution is 0.0772. The number of benzene rings is 3. The monoisotopic (exact) mass is 511 g/mol. The zero-order valence-electron chi connectivity index (χ0n) is 23.3. The maximum atomic E-state index is 13.0. The van der Waals surface area contributed by atoms with Crippen LogP contribution in [-0.4, -0.2) is 65.5 Å². The number of para-hydroxylation sites is 1. The fourth-order valence-electron chi connectivity index (χ4n) is 5.96. The van der Waals surface area contributed by atoms with Crippen LogP contribution in [0.4, 0.5) is 0 Å². The molecule has 1 saturated heterocycles. The Labute approximate surface area is 228 Å². The Morgan fingerprint density at radius 1 is 0.895 bits per heavy atom. The highest BCUT2D eigenvalue weighted by Crippen LogP contribution is 2.43. The maximum Gasteiger partial charge on any atom is 0.253 e. The molecule has 0 spiro atoms. The van der Waals surface area contributed by atoms with Gasteiger partial charge in [-0.2, -0.15) is 0 Å². The Balaban J connectivity index is 1.43. The molecule has 0 aliphatic carbocycles. The highest BCUT2D eigenvalue weighted by molar-refractivity contribution is 5.94. The summed E-state index contributed by atoms with van der Waals surface area (Å²) >= 11 is 0. The van der Waals surface area contributed by atoms with Crippen LogP contribution in [-0.2, 0) is 13.0 Å². The Morgan fingerprint density at radius 3 is 2.24 bits per heavy atom. The smallest absolute Gasteiger partial charge is 0.253 e. The number of piperazine rings is 1. The van der Waals surface area contributed by atoms with Gasteiger partial charge in [0.05, 0.1) is 6.04 Å². The topological polar surface area (TPSA) is 36.0 Å². The summed E-state index contributed by atoms with van der Waals surface area (Å²) in [6.07, 6.45) is 0.922. The van der Waals surface area contributed by atoms with Crippen LogP contribution in [0.15, 0.2) is 72.8 Å². The van der Waals surface area contributed by atoms with Crippen LogP contribution in [0.3, 0.4) is 0 Å². The van der Waals surface area contributed by atoms with Gasteiger partial charge in [0, 0.05) is 63.4 Å².